The summed E-state index contributed by atoms with van der Waals surface area (Å²) in [6.07, 6.45) is 4.49. The maximum absolute atomic E-state index is 12.4. The molecule has 0 aliphatic carbocycles. The van der Waals surface area contributed by atoms with E-state index in [0.717, 1.165) is 0 Å². The molecule has 2 N–H and O–H groups in total. The number of nitrogens with one attached hydrogen (secondary N) is 2. The van der Waals surface area contributed by atoms with Gasteiger partial charge in [0.05, 0.1) is 24.6 Å². The van der Waals surface area contributed by atoms with Crippen molar-refractivity contribution < 1.29 is 18.4 Å². The lowest BCUT2D eigenvalue weighted by Crippen LogP contribution is -2.34. The second-order valence-corrected chi connectivity index (χ2v) is 5.58. The van der Waals surface area contributed by atoms with Crippen molar-refractivity contribution in [2.45, 2.75) is 6.54 Å². The monoisotopic (exact) mass is 342 g/mol. The Labute approximate surface area is 141 Å². The number of hydrogen-bond donors (Lipinski definition) is 2. The molecule has 0 bridgehead atoms. The number of amides is 2. The summed E-state index contributed by atoms with van der Waals surface area (Å²) in [5.41, 5.74) is 0.580. The largest absolute Gasteiger partial charge is 0.467 e. The van der Waals surface area contributed by atoms with Crippen LogP contribution in [0.1, 0.15) is 21.9 Å². The van der Waals surface area contributed by atoms with Gasteiger partial charge in [0.1, 0.15) is 17.2 Å². The van der Waals surface area contributed by atoms with Crippen LogP contribution in [0.15, 0.2) is 68.1 Å². The van der Waals surface area contributed by atoms with Gasteiger partial charge in [-0.15, -0.1) is 0 Å². The smallest absolute Gasteiger partial charge is 0.268 e. The molecule has 0 saturated heterocycles. The van der Waals surface area contributed by atoms with Crippen LogP contribution in [-0.4, -0.2) is 11.8 Å². The fraction of sp³-hybridized carbons (Fsp3) is 0.0588. The van der Waals surface area contributed by atoms with Crippen molar-refractivity contribution in [3.63, 3.8) is 0 Å². The molecule has 3 rings (SSSR count). The molecule has 0 saturated carbocycles. The Morgan fingerprint density at radius 1 is 1.12 bits per heavy atom. The van der Waals surface area contributed by atoms with Gasteiger partial charge in [-0.2, -0.15) is 11.3 Å². The first-order chi connectivity index (χ1) is 11.7. The summed E-state index contributed by atoms with van der Waals surface area (Å²) < 4.78 is 10.4. The molecule has 2 amide bonds. The molecule has 0 atom stereocenters. The van der Waals surface area contributed by atoms with Crippen molar-refractivity contribution in [1.82, 2.24) is 10.6 Å². The van der Waals surface area contributed by atoms with Gasteiger partial charge in [0.15, 0.2) is 0 Å². The minimum absolute atomic E-state index is 0.0905. The van der Waals surface area contributed by atoms with E-state index in [4.69, 9.17) is 8.83 Å². The summed E-state index contributed by atoms with van der Waals surface area (Å²) in [6.45, 7) is 0.218. The normalized spacial score (nSPS) is 11.2. The van der Waals surface area contributed by atoms with Gasteiger partial charge >= 0.3 is 0 Å². The maximum Gasteiger partial charge on any atom is 0.268 e. The standard InChI is InChI=1S/C17H14N2O4S/c20-16(12-5-8-24-11-12)19-15(9-13-3-1-6-22-13)17(21)18-10-14-4-2-7-23-14/h1-9,11H,10H2,(H,18,21)(H,19,20)/b15-9-. The van der Waals surface area contributed by atoms with Crippen molar-refractivity contribution in [3.05, 3.63) is 76.4 Å². The number of thiophene rings is 1. The Morgan fingerprint density at radius 2 is 1.96 bits per heavy atom. The Bertz CT molecular complexity index is 818. The van der Waals surface area contributed by atoms with E-state index in [1.165, 1.54) is 29.9 Å². The number of hydrogen-bond acceptors (Lipinski definition) is 5. The first-order valence-corrected chi connectivity index (χ1v) is 8.06. The van der Waals surface area contributed by atoms with Crippen LogP contribution in [0.25, 0.3) is 6.08 Å². The molecule has 0 spiro atoms. The van der Waals surface area contributed by atoms with Crippen LogP contribution in [0.5, 0.6) is 0 Å². The number of rotatable bonds is 6. The van der Waals surface area contributed by atoms with E-state index < -0.39 is 5.91 Å². The van der Waals surface area contributed by atoms with Gasteiger partial charge < -0.3 is 19.5 Å². The quantitative estimate of drug-likeness (QED) is 0.675. The Kier molecular flexibility index (Phi) is 4.93. The predicted octanol–water partition coefficient (Wildman–Crippen LogP) is 3.02. The van der Waals surface area contributed by atoms with Crippen molar-refractivity contribution in [3.8, 4) is 0 Å². The Hall–Kier alpha value is -3.06. The second-order valence-electron chi connectivity index (χ2n) is 4.80. The van der Waals surface area contributed by atoms with Crippen molar-refractivity contribution in [2.75, 3.05) is 0 Å². The van der Waals surface area contributed by atoms with E-state index in [0.29, 0.717) is 17.1 Å². The molecule has 0 unspecified atom stereocenters. The molecule has 0 radical (unpaired) electrons. The molecule has 24 heavy (non-hydrogen) atoms. The van der Waals surface area contributed by atoms with Gasteiger partial charge in [-0.1, -0.05) is 0 Å². The fourth-order valence-corrected chi connectivity index (χ4v) is 2.57. The molecule has 0 aliphatic rings. The first kappa shape index (κ1) is 15.8. The van der Waals surface area contributed by atoms with E-state index in [1.54, 1.807) is 41.1 Å². The molecule has 6 nitrogen and oxygen atoms in total. The molecule has 122 valence electrons. The minimum Gasteiger partial charge on any atom is -0.467 e. The van der Waals surface area contributed by atoms with Gasteiger partial charge in [-0.3, -0.25) is 9.59 Å². The van der Waals surface area contributed by atoms with Crippen LogP contribution in [0.3, 0.4) is 0 Å². The van der Waals surface area contributed by atoms with Gasteiger partial charge in [-0.05, 0) is 35.7 Å². The third-order valence-electron chi connectivity index (χ3n) is 3.11. The Balaban J connectivity index is 1.74. The molecule has 0 fully saturated rings. The SMILES string of the molecule is O=C(NCc1ccco1)/C(=C/c1ccco1)NC(=O)c1ccsc1. The summed E-state index contributed by atoms with van der Waals surface area (Å²) in [6, 6.07) is 8.56. The predicted molar refractivity (Wildman–Crippen MR) is 89.0 cm³/mol. The number of carbonyl (C=O) groups excluding carboxylic acids is 2. The van der Waals surface area contributed by atoms with Crippen molar-refractivity contribution in [1.29, 1.82) is 0 Å². The lowest BCUT2D eigenvalue weighted by atomic mass is 10.2. The van der Waals surface area contributed by atoms with Crippen LogP contribution in [0, 0.1) is 0 Å². The highest BCUT2D eigenvalue weighted by Crippen LogP contribution is 2.10. The molecule has 3 heterocycles. The third-order valence-corrected chi connectivity index (χ3v) is 3.79. The molecule has 0 aromatic carbocycles. The molecule has 7 heteroatoms. The number of furan rings is 2. The van der Waals surface area contributed by atoms with Crippen LogP contribution < -0.4 is 10.6 Å². The van der Waals surface area contributed by atoms with Crippen LogP contribution in [0.4, 0.5) is 0 Å². The zero-order valence-corrected chi connectivity index (χ0v) is 13.3. The highest BCUT2D eigenvalue weighted by atomic mass is 32.1. The van der Waals surface area contributed by atoms with E-state index in [9.17, 15) is 9.59 Å². The van der Waals surface area contributed by atoms with E-state index in [2.05, 4.69) is 10.6 Å². The van der Waals surface area contributed by atoms with Crippen molar-refractivity contribution in [2.24, 2.45) is 0 Å². The lowest BCUT2D eigenvalue weighted by Gasteiger charge is -2.09. The van der Waals surface area contributed by atoms with Gasteiger partial charge in [0, 0.05) is 11.5 Å². The average molecular weight is 342 g/mol. The van der Waals surface area contributed by atoms with Crippen LogP contribution in [0.2, 0.25) is 0 Å². The van der Waals surface area contributed by atoms with E-state index >= 15 is 0 Å². The number of carbonyl (C=O) groups is 2. The zero-order chi connectivity index (χ0) is 16.8. The summed E-state index contributed by atoms with van der Waals surface area (Å²) in [4.78, 5) is 24.6. The fourth-order valence-electron chi connectivity index (χ4n) is 1.94. The van der Waals surface area contributed by atoms with Gasteiger partial charge in [0.25, 0.3) is 11.8 Å². The minimum atomic E-state index is -0.439. The Morgan fingerprint density at radius 3 is 2.62 bits per heavy atom. The average Bonchev–Trinajstić information content (AvgIpc) is 3.34. The summed E-state index contributed by atoms with van der Waals surface area (Å²) in [5, 5.41) is 8.81. The lowest BCUT2D eigenvalue weighted by molar-refractivity contribution is -0.118. The van der Waals surface area contributed by atoms with Crippen LogP contribution >= 0.6 is 11.3 Å². The van der Waals surface area contributed by atoms with Crippen molar-refractivity contribution >= 4 is 29.2 Å². The highest BCUT2D eigenvalue weighted by Gasteiger charge is 2.15. The van der Waals surface area contributed by atoms with Gasteiger partial charge in [0.2, 0.25) is 0 Å². The first-order valence-electron chi connectivity index (χ1n) is 7.12. The van der Waals surface area contributed by atoms with Gasteiger partial charge in [-0.25, -0.2) is 0 Å². The molecule has 0 aliphatic heterocycles. The van der Waals surface area contributed by atoms with E-state index in [1.807, 2.05) is 0 Å². The molecule has 3 aromatic heterocycles. The third kappa shape index (κ3) is 4.02. The summed E-state index contributed by atoms with van der Waals surface area (Å²) in [5.74, 6) is 0.280. The zero-order valence-electron chi connectivity index (χ0n) is 12.5. The summed E-state index contributed by atoms with van der Waals surface area (Å²) >= 11 is 1.41. The topological polar surface area (TPSA) is 84.5 Å². The molecule has 3 aromatic rings. The van der Waals surface area contributed by atoms with E-state index in [-0.39, 0.29) is 18.1 Å². The molecular weight excluding hydrogens is 328 g/mol. The maximum atomic E-state index is 12.4. The summed E-state index contributed by atoms with van der Waals surface area (Å²) in [7, 11) is 0. The molecular formula is C17H14N2O4S. The second kappa shape index (κ2) is 7.47. The highest BCUT2D eigenvalue weighted by molar-refractivity contribution is 7.08. The van der Waals surface area contributed by atoms with Crippen LogP contribution in [-0.2, 0) is 11.3 Å².